The highest BCUT2D eigenvalue weighted by Crippen LogP contribution is 2.20. The van der Waals surface area contributed by atoms with Gasteiger partial charge in [0.15, 0.2) is 0 Å². The van der Waals surface area contributed by atoms with Crippen LogP contribution in [0, 0.1) is 5.82 Å². The average Bonchev–Trinajstić information content (AvgIpc) is 2.76. The lowest BCUT2D eigenvalue weighted by molar-refractivity contribution is 0.102. The van der Waals surface area contributed by atoms with E-state index in [2.05, 4.69) is 5.32 Å². The van der Waals surface area contributed by atoms with Gasteiger partial charge in [0.1, 0.15) is 5.82 Å². The van der Waals surface area contributed by atoms with E-state index in [-0.39, 0.29) is 11.6 Å². The molecule has 0 saturated carbocycles. The molecule has 2 aromatic rings. The summed E-state index contributed by atoms with van der Waals surface area (Å²) in [6, 6.07) is 5.69. The minimum Gasteiger partial charge on any atom is -0.319 e. The van der Waals surface area contributed by atoms with Crippen molar-refractivity contribution in [3.63, 3.8) is 0 Å². The molecule has 0 saturated heterocycles. The molecule has 0 aliphatic rings. The summed E-state index contributed by atoms with van der Waals surface area (Å²) in [5.41, 5.74) is 0.591. The van der Waals surface area contributed by atoms with Gasteiger partial charge in [0.05, 0.1) is 11.3 Å². The predicted molar refractivity (Wildman–Crippen MR) is 63.7 cm³/mol. The Balaban J connectivity index is 2.21. The second kappa shape index (κ2) is 4.63. The Labute approximate surface area is 101 Å². The summed E-state index contributed by atoms with van der Waals surface area (Å²) in [6.07, 6.45) is 0. The second-order valence-electron chi connectivity index (χ2n) is 3.09. The van der Waals surface area contributed by atoms with Gasteiger partial charge in [0.2, 0.25) is 0 Å². The zero-order valence-corrected chi connectivity index (χ0v) is 9.61. The van der Waals surface area contributed by atoms with Crippen LogP contribution in [0.1, 0.15) is 10.4 Å². The molecular formula is C11H7ClFNOS. The van der Waals surface area contributed by atoms with Crippen LogP contribution in [0.3, 0.4) is 0 Å². The van der Waals surface area contributed by atoms with Gasteiger partial charge in [-0.3, -0.25) is 4.79 Å². The predicted octanol–water partition coefficient (Wildman–Crippen LogP) is 3.79. The van der Waals surface area contributed by atoms with Crippen molar-refractivity contribution >= 4 is 34.5 Å². The maximum Gasteiger partial charge on any atom is 0.256 e. The van der Waals surface area contributed by atoms with E-state index >= 15 is 0 Å². The maximum atomic E-state index is 13.3. The van der Waals surface area contributed by atoms with Gasteiger partial charge < -0.3 is 5.32 Å². The van der Waals surface area contributed by atoms with Gasteiger partial charge in [-0.1, -0.05) is 11.6 Å². The van der Waals surface area contributed by atoms with Crippen LogP contribution in [0.15, 0.2) is 35.0 Å². The third-order valence-electron chi connectivity index (χ3n) is 1.96. The molecule has 1 aromatic carbocycles. The Hall–Kier alpha value is -1.39. The van der Waals surface area contributed by atoms with Crippen molar-refractivity contribution in [1.29, 1.82) is 0 Å². The van der Waals surface area contributed by atoms with E-state index in [1.165, 1.54) is 29.5 Å². The molecule has 82 valence electrons. The molecule has 0 unspecified atom stereocenters. The van der Waals surface area contributed by atoms with E-state index < -0.39 is 5.82 Å². The fraction of sp³-hybridized carbons (Fsp3) is 0. The van der Waals surface area contributed by atoms with Crippen molar-refractivity contribution in [2.45, 2.75) is 0 Å². The Bertz CT molecular complexity index is 513. The van der Waals surface area contributed by atoms with E-state index in [1.54, 1.807) is 16.8 Å². The molecule has 2 nitrogen and oxygen atoms in total. The first-order valence-corrected chi connectivity index (χ1v) is 5.77. The second-order valence-corrected chi connectivity index (χ2v) is 4.31. The number of hydrogen-bond donors (Lipinski definition) is 1. The Morgan fingerprint density at radius 3 is 2.88 bits per heavy atom. The molecule has 1 aromatic heterocycles. The lowest BCUT2D eigenvalue weighted by Gasteiger charge is -2.05. The number of carbonyl (C=O) groups is 1. The standard InChI is InChI=1S/C11H7ClFNOS/c12-8-1-2-9(13)10(5-8)14-11(15)7-3-4-16-6-7/h1-6H,(H,14,15). The summed E-state index contributed by atoms with van der Waals surface area (Å²) < 4.78 is 13.3. The minimum atomic E-state index is -0.507. The first-order chi connectivity index (χ1) is 7.66. The monoisotopic (exact) mass is 255 g/mol. The fourth-order valence-electron chi connectivity index (χ4n) is 1.18. The topological polar surface area (TPSA) is 29.1 Å². The van der Waals surface area contributed by atoms with Crippen molar-refractivity contribution in [1.82, 2.24) is 0 Å². The molecule has 0 bridgehead atoms. The van der Waals surface area contributed by atoms with Crippen molar-refractivity contribution in [3.8, 4) is 0 Å². The number of nitrogens with one attached hydrogen (secondary N) is 1. The van der Waals surface area contributed by atoms with Crippen LogP contribution < -0.4 is 5.32 Å². The first kappa shape index (κ1) is 11.1. The van der Waals surface area contributed by atoms with E-state index in [4.69, 9.17) is 11.6 Å². The molecule has 0 aliphatic carbocycles. The lowest BCUT2D eigenvalue weighted by Crippen LogP contribution is -2.11. The summed E-state index contributed by atoms with van der Waals surface area (Å²) in [4.78, 5) is 11.6. The molecule has 1 amide bonds. The van der Waals surface area contributed by atoms with Gasteiger partial charge >= 0.3 is 0 Å². The van der Waals surface area contributed by atoms with Crippen molar-refractivity contribution in [2.24, 2.45) is 0 Å². The van der Waals surface area contributed by atoms with Crippen LogP contribution in [0.2, 0.25) is 5.02 Å². The molecule has 0 atom stereocenters. The number of benzene rings is 1. The van der Waals surface area contributed by atoms with Crippen LogP contribution in [-0.2, 0) is 0 Å². The summed E-state index contributed by atoms with van der Waals surface area (Å²) >= 11 is 7.11. The van der Waals surface area contributed by atoms with Gasteiger partial charge in [-0.05, 0) is 29.6 Å². The van der Waals surface area contributed by atoms with Crippen LogP contribution in [0.5, 0.6) is 0 Å². The molecule has 1 heterocycles. The average molecular weight is 256 g/mol. The van der Waals surface area contributed by atoms with Gasteiger partial charge in [-0.2, -0.15) is 11.3 Å². The molecule has 0 fully saturated rings. The van der Waals surface area contributed by atoms with E-state index in [1.807, 2.05) is 0 Å². The Morgan fingerprint density at radius 1 is 1.38 bits per heavy atom. The lowest BCUT2D eigenvalue weighted by atomic mass is 10.2. The van der Waals surface area contributed by atoms with Crippen LogP contribution >= 0.6 is 22.9 Å². The number of hydrogen-bond acceptors (Lipinski definition) is 2. The fourth-order valence-corrected chi connectivity index (χ4v) is 1.99. The normalized spacial score (nSPS) is 10.1. The number of halogens is 2. The molecular weight excluding hydrogens is 249 g/mol. The number of rotatable bonds is 2. The highest BCUT2D eigenvalue weighted by Gasteiger charge is 2.09. The van der Waals surface area contributed by atoms with Crippen LogP contribution in [-0.4, -0.2) is 5.91 Å². The molecule has 5 heteroatoms. The Kier molecular flexibility index (Phi) is 3.22. The minimum absolute atomic E-state index is 0.0868. The van der Waals surface area contributed by atoms with Crippen LogP contribution in [0.25, 0.3) is 0 Å². The molecule has 0 radical (unpaired) electrons. The van der Waals surface area contributed by atoms with Crippen molar-refractivity contribution in [3.05, 3.63) is 51.4 Å². The molecule has 1 N–H and O–H groups in total. The maximum absolute atomic E-state index is 13.3. The first-order valence-electron chi connectivity index (χ1n) is 4.45. The van der Waals surface area contributed by atoms with Gasteiger partial charge in [0.25, 0.3) is 5.91 Å². The smallest absolute Gasteiger partial charge is 0.256 e. The van der Waals surface area contributed by atoms with Gasteiger partial charge in [-0.15, -0.1) is 0 Å². The number of thiophene rings is 1. The number of amides is 1. The molecule has 2 rings (SSSR count). The number of carbonyl (C=O) groups excluding carboxylic acids is 1. The third-order valence-corrected chi connectivity index (χ3v) is 2.88. The van der Waals surface area contributed by atoms with Gasteiger partial charge in [0, 0.05) is 10.4 Å². The molecule has 0 spiro atoms. The van der Waals surface area contributed by atoms with E-state index in [0.717, 1.165) is 0 Å². The summed E-state index contributed by atoms with van der Waals surface area (Å²) in [7, 11) is 0. The quantitative estimate of drug-likeness (QED) is 0.869. The van der Waals surface area contributed by atoms with Crippen LogP contribution in [0.4, 0.5) is 10.1 Å². The summed E-state index contributed by atoms with van der Waals surface area (Å²) in [6.45, 7) is 0. The Morgan fingerprint density at radius 2 is 2.19 bits per heavy atom. The van der Waals surface area contributed by atoms with E-state index in [0.29, 0.717) is 10.6 Å². The summed E-state index contributed by atoms with van der Waals surface area (Å²) in [5.74, 6) is -0.851. The number of anilines is 1. The largest absolute Gasteiger partial charge is 0.319 e. The van der Waals surface area contributed by atoms with Crippen molar-refractivity contribution < 1.29 is 9.18 Å². The highest BCUT2D eigenvalue weighted by molar-refractivity contribution is 7.08. The zero-order valence-electron chi connectivity index (χ0n) is 8.04. The zero-order chi connectivity index (χ0) is 11.5. The van der Waals surface area contributed by atoms with Crippen molar-refractivity contribution in [2.75, 3.05) is 5.32 Å². The molecule has 16 heavy (non-hydrogen) atoms. The third kappa shape index (κ3) is 2.40. The SMILES string of the molecule is O=C(Nc1cc(Cl)ccc1F)c1ccsc1. The molecule has 0 aliphatic heterocycles. The van der Waals surface area contributed by atoms with Gasteiger partial charge in [-0.25, -0.2) is 4.39 Å². The highest BCUT2D eigenvalue weighted by atomic mass is 35.5. The van der Waals surface area contributed by atoms with E-state index in [9.17, 15) is 9.18 Å². The summed E-state index contributed by atoms with van der Waals surface area (Å²) in [5, 5.41) is 6.31.